The van der Waals surface area contributed by atoms with Crippen LogP contribution in [0, 0.1) is 5.92 Å². The highest BCUT2D eigenvalue weighted by Gasteiger charge is 2.34. The van der Waals surface area contributed by atoms with Gasteiger partial charge in [0.15, 0.2) is 0 Å². The molecule has 0 bridgehead atoms. The Balaban J connectivity index is 2.84. The van der Waals surface area contributed by atoms with Crippen LogP contribution in [-0.4, -0.2) is 64.7 Å². The van der Waals surface area contributed by atoms with Crippen molar-refractivity contribution in [2.24, 2.45) is 11.7 Å². The molecule has 0 saturated carbocycles. The number of aliphatic hydroxyl groups excluding tert-OH is 1. The maximum atomic E-state index is 13.1. The Bertz CT molecular complexity index is 517. The van der Waals surface area contributed by atoms with Crippen LogP contribution in [0.25, 0.3) is 0 Å². The van der Waals surface area contributed by atoms with Crippen LogP contribution in [0.2, 0.25) is 0 Å². The average Bonchev–Trinajstić information content (AvgIpc) is 3.20. The van der Waals surface area contributed by atoms with E-state index in [0.717, 1.165) is 38.5 Å². The van der Waals surface area contributed by atoms with E-state index in [4.69, 9.17) is 10.9 Å². The molecule has 0 aromatic carbocycles. The minimum Gasteiger partial charge on any atom is -0.394 e. The van der Waals surface area contributed by atoms with Crippen molar-refractivity contribution in [2.45, 2.75) is 83.2 Å². The van der Waals surface area contributed by atoms with Crippen molar-refractivity contribution in [3.05, 3.63) is 0 Å². The smallest absolute Gasteiger partial charge is 0.245 e. The van der Waals surface area contributed by atoms with Gasteiger partial charge in [0.25, 0.3) is 0 Å². The Morgan fingerprint density at radius 2 is 1.90 bits per heavy atom. The molecule has 6 N–H and O–H groups in total. The topological polar surface area (TPSA) is 145 Å². The van der Waals surface area contributed by atoms with E-state index in [-0.39, 0.29) is 30.9 Å². The maximum absolute atomic E-state index is 13.1. The molecule has 1 fully saturated rings. The second kappa shape index (κ2) is 14.3. The number of hydrogen-bond acceptors (Lipinski definition) is 6. The summed E-state index contributed by atoms with van der Waals surface area (Å²) >= 11 is 0. The fourth-order valence-corrected chi connectivity index (χ4v) is 3.79. The van der Waals surface area contributed by atoms with Crippen molar-refractivity contribution in [1.29, 1.82) is 0 Å². The van der Waals surface area contributed by atoms with Crippen LogP contribution in [0.15, 0.2) is 0 Å². The van der Waals surface area contributed by atoms with Gasteiger partial charge in [-0.05, 0) is 45.1 Å². The number of carbonyl (C=O) groups excluding carboxylic acids is 3. The lowest BCUT2D eigenvalue weighted by molar-refractivity contribution is -0.140. The van der Waals surface area contributed by atoms with E-state index >= 15 is 0 Å². The van der Waals surface area contributed by atoms with Crippen molar-refractivity contribution in [3.63, 3.8) is 0 Å². The Kier molecular flexibility index (Phi) is 12.5. The lowest BCUT2D eigenvalue weighted by Gasteiger charge is -2.29. The average molecular weight is 415 g/mol. The summed E-state index contributed by atoms with van der Waals surface area (Å²) in [6, 6.07) is -0.913. The number of hydrogen-bond donors (Lipinski definition) is 5. The highest BCUT2D eigenvalue weighted by Crippen LogP contribution is 2.20. The van der Waals surface area contributed by atoms with E-state index in [1.807, 2.05) is 0 Å². The third kappa shape index (κ3) is 8.67. The monoisotopic (exact) mass is 414 g/mol. The van der Waals surface area contributed by atoms with Crippen LogP contribution in [-0.2, 0) is 14.4 Å². The molecule has 1 aliphatic rings. The number of nitrogens with one attached hydrogen (secondary N) is 2. The summed E-state index contributed by atoms with van der Waals surface area (Å²) in [5.41, 5.74) is 7.14. The van der Waals surface area contributed by atoms with Gasteiger partial charge in [0.05, 0.1) is 12.6 Å². The van der Waals surface area contributed by atoms with Crippen LogP contribution in [0.5, 0.6) is 0 Å². The molecule has 1 aliphatic heterocycles. The molecule has 0 spiro atoms. The molecule has 1 saturated heterocycles. The van der Waals surface area contributed by atoms with Crippen LogP contribution in [0.3, 0.4) is 0 Å². The van der Waals surface area contributed by atoms with Gasteiger partial charge in [0.1, 0.15) is 6.04 Å². The van der Waals surface area contributed by atoms with Crippen molar-refractivity contribution in [2.75, 3.05) is 19.7 Å². The van der Waals surface area contributed by atoms with Gasteiger partial charge < -0.3 is 21.1 Å². The van der Waals surface area contributed by atoms with E-state index in [1.165, 1.54) is 0 Å². The predicted molar refractivity (Wildman–Crippen MR) is 109 cm³/mol. The van der Waals surface area contributed by atoms with Crippen molar-refractivity contribution < 1.29 is 24.7 Å². The lowest BCUT2D eigenvalue weighted by atomic mass is 9.95. The fraction of sp³-hybridized carbons (Fsp3) is 0.850. The number of rotatable bonds is 14. The molecule has 3 atom stereocenters. The zero-order valence-electron chi connectivity index (χ0n) is 17.6. The van der Waals surface area contributed by atoms with Gasteiger partial charge in [-0.2, -0.15) is 0 Å². The molecule has 9 heteroatoms. The summed E-state index contributed by atoms with van der Waals surface area (Å²) in [6.45, 7) is 3.04. The SMILES string of the molecule is CCCCC[C@H](CC(=O)NO)C(=O)N[C@@H](CCCCN)C(=O)N1CCC[C@H]1CO. The molecule has 29 heavy (non-hydrogen) atoms. The summed E-state index contributed by atoms with van der Waals surface area (Å²) in [7, 11) is 0. The maximum Gasteiger partial charge on any atom is 0.245 e. The molecule has 1 rings (SSSR count). The first-order valence-electron chi connectivity index (χ1n) is 10.8. The molecule has 9 nitrogen and oxygen atoms in total. The first kappa shape index (κ1) is 25.3. The van der Waals surface area contributed by atoms with Gasteiger partial charge >= 0.3 is 0 Å². The highest BCUT2D eigenvalue weighted by molar-refractivity contribution is 5.90. The minimum atomic E-state index is -0.702. The molecule has 0 unspecified atom stereocenters. The number of aliphatic hydroxyl groups is 1. The quantitative estimate of drug-likeness (QED) is 0.160. The van der Waals surface area contributed by atoms with E-state index in [9.17, 15) is 19.5 Å². The second-order valence-corrected chi connectivity index (χ2v) is 7.79. The van der Waals surface area contributed by atoms with Crippen molar-refractivity contribution >= 4 is 17.7 Å². The van der Waals surface area contributed by atoms with Crippen LogP contribution in [0.4, 0.5) is 0 Å². The second-order valence-electron chi connectivity index (χ2n) is 7.79. The lowest BCUT2D eigenvalue weighted by Crippen LogP contribution is -2.52. The number of hydroxylamine groups is 1. The molecular formula is C20H38N4O5. The summed E-state index contributed by atoms with van der Waals surface area (Å²) < 4.78 is 0. The van der Waals surface area contributed by atoms with E-state index < -0.39 is 17.9 Å². The van der Waals surface area contributed by atoms with Gasteiger partial charge in [0, 0.05) is 18.9 Å². The zero-order chi connectivity index (χ0) is 21.6. The molecule has 0 aromatic heterocycles. The number of carbonyl (C=O) groups is 3. The van der Waals surface area contributed by atoms with Gasteiger partial charge in [-0.3, -0.25) is 19.6 Å². The number of unbranched alkanes of at least 4 members (excludes halogenated alkanes) is 3. The molecule has 168 valence electrons. The molecule has 0 radical (unpaired) electrons. The Hall–Kier alpha value is -1.71. The van der Waals surface area contributed by atoms with Crippen LogP contribution < -0.4 is 16.5 Å². The zero-order valence-corrected chi connectivity index (χ0v) is 17.6. The predicted octanol–water partition coefficient (Wildman–Crippen LogP) is 0.676. The van der Waals surface area contributed by atoms with Crippen molar-refractivity contribution in [1.82, 2.24) is 15.7 Å². The summed E-state index contributed by atoms with van der Waals surface area (Å²) in [5.74, 6) is -1.76. The highest BCUT2D eigenvalue weighted by atomic mass is 16.5. The first-order valence-corrected chi connectivity index (χ1v) is 10.8. The Morgan fingerprint density at radius 3 is 2.52 bits per heavy atom. The first-order chi connectivity index (χ1) is 14.0. The molecule has 0 aromatic rings. The third-order valence-electron chi connectivity index (χ3n) is 5.52. The Labute approximate surface area is 173 Å². The number of likely N-dealkylation sites (tertiary alicyclic amines) is 1. The van der Waals surface area contributed by atoms with Gasteiger partial charge in [-0.25, -0.2) is 5.48 Å². The molecule has 0 aliphatic carbocycles. The number of amides is 3. The summed E-state index contributed by atoms with van der Waals surface area (Å²) in [4.78, 5) is 39.2. The standard InChI is InChI=1S/C20H38N4O5/c1-2-3-4-8-15(13-18(26)23-29)19(27)22-17(10-5-6-11-21)20(28)24-12-7-9-16(24)14-25/h15-17,25,29H,2-14,21H2,1H3,(H,22,27)(H,23,26)/t15-,16+,17+/m1/s1. The molecule has 3 amide bonds. The number of nitrogens with two attached hydrogens (primary N) is 1. The van der Waals surface area contributed by atoms with Gasteiger partial charge in [-0.1, -0.05) is 26.2 Å². The van der Waals surface area contributed by atoms with Gasteiger partial charge in [0.2, 0.25) is 17.7 Å². The van der Waals surface area contributed by atoms with Crippen molar-refractivity contribution in [3.8, 4) is 0 Å². The number of nitrogens with zero attached hydrogens (tertiary/aromatic N) is 1. The van der Waals surface area contributed by atoms with Crippen LogP contribution in [0.1, 0.15) is 71.1 Å². The van der Waals surface area contributed by atoms with E-state index in [2.05, 4.69) is 12.2 Å². The summed E-state index contributed by atoms with van der Waals surface area (Å²) in [6.07, 6.45) is 6.59. The largest absolute Gasteiger partial charge is 0.394 e. The Morgan fingerprint density at radius 1 is 1.17 bits per heavy atom. The van der Waals surface area contributed by atoms with Crippen LogP contribution >= 0.6 is 0 Å². The van der Waals surface area contributed by atoms with Gasteiger partial charge in [-0.15, -0.1) is 0 Å². The van der Waals surface area contributed by atoms with E-state index in [1.54, 1.807) is 10.4 Å². The molecule has 1 heterocycles. The normalized spacial score (nSPS) is 18.3. The minimum absolute atomic E-state index is 0.0917. The molecular weight excluding hydrogens is 376 g/mol. The fourth-order valence-electron chi connectivity index (χ4n) is 3.79. The third-order valence-corrected chi connectivity index (χ3v) is 5.52. The van der Waals surface area contributed by atoms with E-state index in [0.29, 0.717) is 32.4 Å². The summed E-state index contributed by atoms with van der Waals surface area (Å²) in [5, 5.41) is 21.2.